The fourth-order valence-electron chi connectivity index (χ4n) is 2.92. The molecule has 160 valence electrons. The zero-order valence-electron chi connectivity index (χ0n) is 17.5. The lowest BCUT2D eigenvalue weighted by Crippen LogP contribution is -2.20. The summed E-state index contributed by atoms with van der Waals surface area (Å²) < 4.78 is 17.5. The fourth-order valence-corrected chi connectivity index (χ4v) is 3.37. The normalized spacial score (nSPS) is 11.0. The van der Waals surface area contributed by atoms with Gasteiger partial charge < -0.3 is 14.2 Å². The molecule has 3 rings (SSSR count). The fraction of sp³-hybridized carbons (Fsp3) is 0.167. The van der Waals surface area contributed by atoms with Crippen molar-refractivity contribution < 1.29 is 19.0 Å². The topological polar surface area (TPSA) is 69.2 Å². The maximum absolute atomic E-state index is 12.8. The molecular formula is C24H23BrN2O4. The number of ether oxygens (including phenoxy) is 3. The molecule has 0 aromatic heterocycles. The Hall–Kier alpha value is -3.32. The van der Waals surface area contributed by atoms with Gasteiger partial charge in [-0.3, -0.25) is 4.79 Å². The second-order valence-corrected chi connectivity index (χ2v) is 7.53. The van der Waals surface area contributed by atoms with Gasteiger partial charge in [-0.15, -0.1) is 0 Å². The van der Waals surface area contributed by atoms with Crippen molar-refractivity contribution >= 4 is 27.5 Å². The van der Waals surface area contributed by atoms with Crippen LogP contribution in [0.4, 0.5) is 0 Å². The van der Waals surface area contributed by atoms with Crippen LogP contribution in [0.3, 0.4) is 0 Å². The van der Waals surface area contributed by atoms with Crippen LogP contribution >= 0.6 is 15.9 Å². The molecule has 0 bridgehead atoms. The average molecular weight is 483 g/mol. The Balaban J connectivity index is 1.73. The Morgan fingerprint density at radius 3 is 2.48 bits per heavy atom. The van der Waals surface area contributed by atoms with Crippen LogP contribution in [0.2, 0.25) is 0 Å². The van der Waals surface area contributed by atoms with Crippen molar-refractivity contribution in [2.75, 3.05) is 14.2 Å². The molecule has 6 nitrogen and oxygen atoms in total. The molecule has 31 heavy (non-hydrogen) atoms. The molecule has 0 aliphatic rings. The van der Waals surface area contributed by atoms with Crippen LogP contribution in [0.5, 0.6) is 17.2 Å². The van der Waals surface area contributed by atoms with Crippen molar-refractivity contribution in [1.29, 1.82) is 0 Å². The molecule has 0 aliphatic carbocycles. The molecule has 0 saturated carbocycles. The summed E-state index contributed by atoms with van der Waals surface area (Å²) in [4.78, 5) is 12.8. The third-order valence-corrected chi connectivity index (χ3v) is 5.03. The first-order valence-electron chi connectivity index (χ1n) is 9.55. The number of benzene rings is 3. The minimum absolute atomic E-state index is 0.342. The SMILES string of the molecule is COc1ccc(C(C)=NNC(=O)c2ccccc2OCc2cccc(Br)c2)c(OC)c1. The first-order valence-corrected chi connectivity index (χ1v) is 10.3. The molecule has 0 radical (unpaired) electrons. The van der Waals surface area contributed by atoms with E-state index in [9.17, 15) is 4.79 Å². The molecular weight excluding hydrogens is 460 g/mol. The predicted octanol–water partition coefficient (Wildman–Crippen LogP) is 5.20. The van der Waals surface area contributed by atoms with E-state index in [0.717, 1.165) is 15.6 Å². The zero-order chi connectivity index (χ0) is 22.2. The number of nitrogens with zero attached hydrogens (tertiary/aromatic N) is 1. The van der Waals surface area contributed by atoms with Crippen LogP contribution < -0.4 is 19.6 Å². The minimum atomic E-state index is -0.364. The first-order chi connectivity index (χ1) is 15.0. The van der Waals surface area contributed by atoms with E-state index < -0.39 is 0 Å². The number of carbonyl (C=O) groups excluding carboxylic acids is 1. The molecule has 0 saturated heterocycles. The standard InChI is InChI=1S/C24H23BrN2O4/c1-16(20-12-11-19(29-2)14-23(20)30-3)26-27-24(28)21-9-4-5-10-22(21)31-15-17-7-6-8-18(25)13-17/h4-14H,15H2,1-3H3,(H,27,28). The second kappa shape index (κ2) is 10.6. The minimum Gasteiger partial charge on any atom is -0.497 e. The Bertz CT molecular complexity index is 1100. The average Bonchev–Trinajstić information content (AvgIpc) is 2.80. The van der Waals surface area contributed by atoms with Crippen molar-refractivity contribution in [2.24, 2.45) is 5.10 Å². The van der Waals surface area contributed by atoms with Gasteiger partial charge in [0, 0.05) is 16.1 Å². The maximum Gasteiger partial charge on any atom is 0.275 e. The van der Waals surface area contributed by atoms with Crippen LogP contribution in [-0.2, 0) is 6.61 Å². The van der Waals surface area contributed by atoms with Crippen molar-refractivity contribution in [2.45, 2.75) is 13.5 Å². The van der Waals surface area contributed by atoms with Crippen molar-refractivity contribution in [1.82, 2.24) is 5.43 Å². The summed E-state index contributed by atoms with van der Waals surface area (Å²) in [6.07, 6.45) is 0. The zero-order valence-corrected chi connectivity index (χ0v) is 19.1. The summed E-state index contributed by atoms with van der Waals surface area (Å²) in [6, 6.07) is 20.3. The van der Waals surface area contributed by atoms with E-state index in [-0.39, 0.29) is 5.91 Å². The molecule has 1 amide bonds. The lowest BCUT2D eigenvalue weighted by Gasteiger charge is -2.12. The van der Waals surface area contributed by atoms with Gasteiger partial charge in [-0.05, 0) is 48.9 Å². The van der Waals surface area contributed by atoms with Crippen LogP contribution in [0, 0.1) is 0 Å². The van der Waals surface area contributed by atoms with Gasteiger partial charge >= 0.3 is 0 Å². The number of hydrazone groups is 1. The molecule has 3 aromatic carbocycles. The lowest BCUT2D eigenvalue weighted by molar-refractivity contribution is 0.0950. The van der Waals surface area contributed by atoms with E-state index in [1.807, 2.05) is 42.5 Å². The summed E-state index contributed by atoms with van der Waals surface area (Å²) in [5, 5.41) is 4.24. The van der Waals surface area contributed by atoms with Gasteiger partial charge in [0.1, 0.15) is 23.9 Å². The van der Waals surface area contributed by atoms with Crippen LogP contribution in [0.15, 0.2) is 76.3 Å². The molecule has 0 fully saturated rings. The van der Waals surface area contributed by atoms with Gasteiger partial charge in [0.05, 0.1) is 25.5 Å². The highest BCUT2D eigenvalue weighted by Gasteiger charge is 2.13. The second-order valence-electron chi connectivity index (χ2n) is 6.62. The van der Waals surface area contributed by atoms with Crippen LogP contribution in [0.25, 0.3) is 0 Å². The van der Waals surface area contributed by atoms with Gasteiger partial charge in [-0.25, -0.2) is 5.43 Å². The number of para-hydroxylation sites is 1. The number of rotatable bonds is 8. The van der Waals surface area contributed by atoms with Crippen LogP contribution in [-0.4, -0.2) is 25.8 Å². The number of nitrogens with one attached hydrogen (secondary N) is 1. The lowest BCUT2D eigenvalue weighted by atomic mass is 10.1. The highest BCUT2D eigenvalue weighted by Crippen LogP contribution is 2.25. The quantitative estimate of drug-likeness (QED) is 0.353. The molecule has 7 heteroatoms. The Labute approximate surface area is 190 Å². The number of amides is 1. The summed E-state index contributed by atoms with van der Waals surface area (Å²) in [6.45, 7) is 2.13. The van der Waals surface area contributed by atoms with Crippen LogP contribution in [0.1, 0.15) is 28.4 Å². The van der Waals surface area contributed by atoms with E-state index in [2.05, 4.69) is 26.5 Å². The highest BCUT2D eigenvalue weighted by atomic mass is 79.9. The predicted molar refractivity (Wildman–Crippen MR) is 124 cm³/mol. The molecule has 3 aromatic rings. The van der Waals surface area contributed by atoms with Crippen molar-refractivity contribution in [3.05, 3.63) is 87.9 Å². The molecule has 0 atom stereocenters. The summed E-state index contributed by atoms with van der Waals surface area (Å²) in [5.41, 5.74) is 5.34. The molecule has 0 aliphatic heterocycles. The van der Waals surface area contributed by atoms with Crippen molar-refractivity contribution in [3.8, 4) is 17.2 Å². The Morgan fingerprint density at radius 2 is 1.74 bits per heavy atom. The number of hydrogen-bond donors (Lipinski definition) is 1. The van der Waals surface area contributed by atoms with Gasteiger partial charge in [0.15, 0.2) is 0 Å². The van der Waals surface area contributed by atoms with E-state index >= 15 is 0 Å². The van der Waals surface area contributed by atoms with Gasteiger partial charge in [-0.2, -0.15) is 5.10 Å². The first kappa shape index (κ1) is 22.4. The summed E-state index contributed by atoms with van der Waals surface area (Å²) >= 11 is 3.45. The molecule has 0 spiro atoms. The van der Waals surface area contributed by atoms with Gasteiger partial charge in [0.25, 0.3) is 5.91 Å². The van der Waals surface area contributed by atoms with E-state index in [4.69, 9.17) is 14.2 Å². The smallest absolute Gasteiger partial charge is 0.275 e. The maximum atomic E-state index is 12.8. The molecule has 0 unspecified atom stereocenters. The third-order valence-electron chi connectivity index (χ3n) is 4.54. The van der Waals surface area contributed by atoms with E-state index in [1.54, 1.807) is 45.4 Å². The van der Waals surface area contributed by atoms with E-state index in [0.29, 0.717) is 35.1 Å². The number of halogens is 1. The van der Waals surface area contributed by atoms with E-state index in [1.165, 1.54) is 0 Å². The number of hydrogen-bond acceptors (Lipinski definition) is 5. The monoisotopic (exact) mass is 482 g/mol. The number of methoxy groups -OCH3 is 2. The third kappa shape index (κ3) is 5.86. The van der Waals surface area contributed by atoms with Crippen molar-refractivity contribution in [3.63, 3.8) is 0 Å². The Kier molecular flexibility index (Phi) is 7.67. The molecule has 1 N–H and O–H groups in total. The molecule has 0 heterocycles. The van der Waals surface area contributed by atoms with Gasteiger partial charge in [-0.1, -0.05) is 40.2 Å². The summed E-state index contributed by atoms with van der Waals surface area (Å²) in [5.74, 6) is 1.40. The Morgan fingerprint density at radius 1 is 0.935 bits per heavy atom. The number of carbonyl (C=O) groups is 1. The van der Waals surface area contributed by atoms with Gasteiger partial charge in [0.2, 0.25) is 0 Å². The largest absolute Gasteiger partial charge is 0.497 e. The summed E-state index contributed by atoms with van der Waals surface area (Å²) in [7, 11) is 3.16. The highest BCUT2D eigenvalue weighted by molar-refractivity contribution is 9.10.